The van der Waals surface area contributed by atoms with E-state index in [0.29, 0.717) is 0 Å². The Hall–Kier alpha value is -2.47. The van der Waals surface area contributed by atoms with Crippen molar-refractivity contribution in [1.29, 1.82) is 0 Å². The van der Waals surface area contributed by atoms with Gasteiger partial charge in [-0.3, -0.25) is 4.79 Å². The molecule has 0 amide bonds. The molecule has 0 fully saturated rings. The highest BCUT2D eigenvalue weighted by molar-refractivity contribution is 5.69. The molecule has 0 spiro atoms. The smallest absolute Gasteiger partial charge is 0.304 e. The summed E-state index contributed by atoms with van der Waals surface area (Å²) in [6.07, 6.45) is 1.64. The van der Waals surface area contributed by atoms with Crippen molar-refractivity contribution in [2.24, 2.45) is 0 Å². The van der Waals surface area contributed by atoms with Crippen molar-refractivity contribution < 1.29 is 14.3 Å². The van der Waals surface area contributed by atoms with Crippen LogP contribution in [0.5, 0.6) is 0 Å². The monoisotopic (exact) mass is 254 g/mol. The lowest BCUT2D eigenvalue weighted by atomic mass is 9.95. The maximum atomic E-state index is 10.8. The topological polar surface area (TPSA) is 50.4 Å². The largest absolute Gasteiger partial charge is 0.481 e. The first-order valence-electron chi connectivity index (χ1n) is 5.98. The van der Waals surface area contributed by atoms with Crippen LogP contribution in [0.4, 0.5) is 0 Å². The minimum Gasteiger partial charge on any atom is -0.481 e. The van der Waals surface area contributed by atoms with Crippen LogP contribution in [0.1, 0.15) is 24.8 Å². The number of rotatable bonds is 4. The van der Waals surface area contributed by atoms with Crippen molar-refractivity contribution in [3.8, 4) is 23.2 Å². The van der Waals surface area contributed by atoms with Crippen molar-refractivity contribution in [2.45, 2.75) is 19.3 Å². The Bertz CT molecular complexity index is 598. The van der Waals surface area contributed by atoms with Gasteiger partial charge in [-0.05, 0) is 24.6 Å². The molecule has 0 saturated carbocycles. The fourth-order valence-electron chi connectivity index (χ4n) is 1.92. The minimum absolute atomic E-state index is 0.0148. The number of carboxylic acids is 1. The molecule has 0 radical (unpaired) electrons. The van der Waals surface area contributed by atoms with Gasteiger partial charge in [-0.1, -0.05) is 30.2 Å². The summed E-state index contributed by atoms with van der Waals surface area (Å²) < 4.78 is 5.31. The van der Waals surface area contributed by atoms with Gasteiger partial charge in [0.25, 0.3) is 0 Å². The molecule has 3 heteroatoms. The molecule has 1 unspecified atom stereocenters. The zero-order valence-corrected chi connectivity index (χ0v) is 10.6. The molecule has 19 heavy (non-hydrogen) atoms. The van der Waals surface area contributed by atoms with Crippen LogP contribution in [0.25, 0.3) is 11.3 Å². The second-order valence-electron chi connectivity index (χ2n) is 4.14. The van der Waals surface area contributed by atoms with Gasteiger partial charge >= 0.3 is 5.97 Å². The summed E-state index contributed by atoms with van der Waals surface area (Å²) in [4.78, 5) is 10.8. The second kappa shape index (κ2) is 5.92. The summed E-state index contributed by atoms with van der Waals surface area (Å²) in [5.74, 6) is 5.39. The lowest BCUT2D eigenvalue weighted by Gasteiger charge is -2.09. The molecule has 0 bridgehead atoms. The Balaban J connectivity index is 2.24. The average Bonchev–Trinajstić information content (AvgIpc) is 2.92. The Morgan fingerprint density at radius 3 is 2.58 bits per heavy atom. The number of hydrogen-bond donors (Lipinski definition) is 1. The molecular weight excluding hydrogens is 240 g/mol. The van der Waals surface area contributed by atoms with Crippen molar-refractivity contribution in [3.05, 3.63) is 48.2 Å². The zero-order chi connectivity index (χ0) is 13.7. The van der Waals surface area contributed by atoms with Gasteiger partial charge in [-0.2, -0.15) is 0 Å². The SMILES string of the molecule is CC#CC(CC(=O)O)c1ccc(-c2ccco2)cc1. The normalized spacial score (nSPS) is 11.4. The van der Waals surface area contributed by atoms with Crippen LogP contribution in [-0.2, 0) is 4.79 Å². The maximum Gasteiger partial charge on any atom is 0.304 e. The van der Waals surface area contributed by atoms with Gasteiger partial charge in [0.15, 0.2) is 0 Å². The first-order valence-corrected chi connectivity index (χ1v) is 5.98. The van der Waals surface area contributed by atoms with E-state index in [2.05, 4.69) is 11.8 Å². The summed E-state index contributed by atoms with van der Waals surface area (Å²) in [5, 5.41) is 8.89. The number of carbonyl (C=O) groups is 1. The first kappa shape index (κ1) is 13.0. The Morgan fingerprint density at radius 1 is 1.32 bits per heavy atom. The van der Waals surface area contributed by atoms with Gasteiger partial charge in [0.1, 0.15) is 5.76 Å². The van der Waals surface area contributed by atoms with Gasteiger partial charge in [-0.15, -0.1) is 5.92 Å². The summed E-state index contributed by atoms with van der Waals surface area (Å²) >= 11 is 0. The van der Waals surface area contributed by atoms with Crippen LogP contribution >= 0.6 is 0 Å². The van der Waals surface area contributed by atoms with Gasteiger partial charge in [0.05, 0.1) is 18.6 Å². The van der Waals surface area contributed by atoms with E-state index >= 15 is 0 Å². The number of carboxylic acid groups (broad SMARTS) is 1. The average molecular weight is 254 g/mol. The molecule has 0 aliphatic heterocycles. The second-order valence-corrected chi connectivity index (χ2v) is 4.14. The Labute approximate surface area is 111 Å². The van der Waals surface area contributed by atoms with E-state index < -0.39 is 5.97 Å². The molecule has 1 aromatic heterocycles. The van der Waals surface area contributed by atoms with Crippen LogP contribution in [0.15, 0.2) is 47.1 Å². The lowest BCUT2D eigenvalue weighted by Crippen LogP contribution is -2.04. The molecule has 1 N–H and O–H groups in total. The molecule has 1 aromatic carbocycles. The van der Waals surface area contributed by atoms with E-state index in [1.54, 1.807) is 13.2 Å². The minimum atomic E-state index is -0.845. The third-order valence-corrected chi connectivity index (χ3v) is 2.82. The van der Waals surface area contributed by atoms with E-state index in [-0.39, 0.29) is 12.3 Å². The predicted octanol–water partition coefficient (Wildman–Crippen LogP) is 3.53. The molecule has 2 rings (SSSR count). The highest BCUT2D eigenvalue weighted by Gasteiger charge is 2.13. The highest BCUT2D eigenvalue weighted by atomic mass is 16.4. The maximum absolute atomic E-state index is 10.8. The van der Waals surface area contributed by atoms with Crippen LogP contribution in [-0.4, -0.2) is 11.1 Å². The summed E-state index contributed by atoms with van der Waals surface area (Å²) in [6, 6.07) is 11.3. The Morgan fingerprint density at radius 2 is 2.05 bits per heavy atom. The molecular formula is C16H14O3. The number of aliphatic carboxylic acids is 1. The van der Waals surface area contributed by atoms with E-state index in [4.69, 9.17) is 9.52 Å². The van der Waals surface area contributed by atoms with Crippen molar-refractivity contribution in [2.75, 3.05) is 0 Å². The van der Waals surface area contributed by atoms with Crippen LogP contribution in [0.3, 0.4) is 0 Å². The zero-order valence-electron chi connectivity index (χ0n) is 10.6. The van der Waals surface area contributed by atoms with Gasteiger partial charge in [0, 0.05) is 5.56 Å². The van der Waals surface area contributed by atoms with E-state index in [0.717, 1.165) is 16.9 Å². The molecule has 1 heterocycles. The van der Waals surface area contributed by atoms with Gasteiger partial charge in [-0.25, -0.2) is 0 Å². The summed E-state index contributed by atoms with van der Waals surface area (Å²) in [6.45, 7) is 1.71. The van der Waals surface area contributed by atoms with Crippen molar-refractivity contribution >= 4 is 5.97 Å². The quantitative estimate of drug-likeness (QED) is 0.849. The van der Waals surface area contributed by atoms with Crippen LogP contribution in [0.2, 0.25) is 0 Å². The molecule has 96 valence electrons. The van der Waals surface area contributed by atoms with E-state index in [9.17, 15) is 4.79 Å². The molecule has 0 aliphatic carbocycles. The molecule has 1 atom stereocenters. The van der Waals surface area contributed by atoms with Crippen molar-refractivity contribution in [3.63, 3.8) is 0 Å². The highest BCUT2D eigenvalue weighted by Crippen LogP contribution is 2.24. The molecule has 0 saturated heterocycles. The fraction of sp³-hybridized carbons (Fsp3) is 0.188. The van der Waals surface area contributed by atoms with E-state index in [1.165, 1.54) is 0 Å². The number of benzene rings is 1. The van der Waals surface area contributed by atoms with E-state index in [1.807, 2.05) is 36.4 Å². The summed E-state index contributed by atoms with van der Waals surface area (Å²) in [5.41, 5.74) is 1.87. The third-order valence-electron chi connectivity index (χ3n) is 2.82. The molecule has 2 aromatic rings. The van der Waals surface area contributed by atoms with Crippen molar-refractivity contribution in [1.82, 2.24) is 0 Å². The fourth-order valence-corrected chi connectivity index (χ4v) is 1.92. The lowest BCUT2D eigenvalue weighted by molar-refractivity contribution is -0.137. The molecule has 3 nitrogen and oxygen atoms in total. The van der Waals surface area contributed by atoms with Crippen LogP contribution in [0, 0.1) is 11.8 Å². The number of furan rings is 1. The Kier molecular flexibility index (Phi) is 4.04. The van der Waals surface area contributed by atoms with Crippen LogP contribution < -0.4 is 0 Å². The molecule has 0 aliphatic rings. The number of hydrogen-bond acceptors (Lipinski definition) is 2. The van der Waals surface area contributed by atoms with Gasteiger partial charge in [0.2, 0.25) is 0 Å². The third kappa shape index (κ3) is 3.26. The first-order chi connectivity index (χ1) is 9.20. The predicted molar refractivity (Wildman–Crippen MR) is 72.6 cm³/mol. The van der Waals surface area contributed by atoms with Gasteiger partial charge < -0.3 is 9.52 Å². The standard InChI is InChI=1S/C16H14O3/c1-2-4-14(11-16(17)18)12-6-8-13(9-7-12)15-5-3-10-19-15/h3,5-10,14H,11H2,1H3,(H,17,18). The summed E-state index contributed by atoms with van der Waals surface area (Å²) in [7, 11) is 0.